The van der Waals surface area contributed by atoms with Crippen LogP contribution in [0.3, 0.4) is 0 Å². The summed E-state index contributed by atoms with van der Waals surface area (Å²) in [7, 11) is 1.46. The van der Waals surface area contributed by atoms with Crippen molar-refractivity contribution < 1.29 is 38.5 Å². The average Bonchev–Trinajstić information content (AvgIpc) is 3.29. The number of benzene rings is 3. The van der Waals surface area contributed by atoms with E-state index in [1.165, 1.54) is 31.4 Å². The van der Waals surface area contributed by atoms with E-state index in [0.717, 1.165) is 15.4 Å². The fourth-order valence-corrected chi connectivity index (χ4v) is 4.72. The molecule has 0 saturated carbocycles. The number of carbonyl (C=O) groups excluding carboxylic acids is 2. The number of carbonyl (C=O) groups is 3. The van der Waals surface area contributed by atoms with Crippen molar-refractivity contribution in [1.29, 1.82) is 0 Å². The number of rotatable bonds is 9. The Labute approximate surface area is 225 Å². The number of carboxylic acids is 1. The van der Waals surface area contributed by atoms with E-state index in [1.54, 1.807) is 48.5 Å². The minimum absolute atomic E-state index is 0.0611. The van der Waals surface area contributed by atoms with E-state index in [1.807, 2.05) is 6.07 Å². The normalized spacial score (nSPS) is 18.4. The molecule has 4 rings (SSSR count). The van der Waals surface area contributed by atoms with E-state index in [-0.39, 0.29) is 19.7 Å². The van der Waals surface area contributed by atoms with E-state index in [2.05, 4.69) is 0 Å². The topological polar surface area (TPSA) is 117 Å². The van der Waals surface area contributed by atoms with Crippen LogP contribution in [0.4, 0.5) is 9.18 Å². The van der Waals surface area contributed by atoms with Gasteiger partial charge in [-0.05, 0) is 29.3 Å². The summed E-state index contributed by atoms with van der Waals surface area (Å²) in [5.74, 6) is -2.78. The highest BCUT2D eigenvalue weighted by atomic mass is 19.1. The van der Waals surface area contributed by atoms with Gasteiger partial charge in [0.05, 0.1) is 19.8 Å². The molecule has 0 aliphatic carbocycles. The molecular formula is C29H29FN2O7. The van der Waals surface area contributed by atoms with Crippen molar-refractivity contribution in [3.05, 3.63) is 101 Å². The number of amides is 2. The first-order valence-corrected chi connectivity index (χ1v) is 12.3. The molecule has 1 saturated heterocycles. The van der Waals surface area contributed by atoms with Gasteiger partial charge in [-0.3, -0.25) is 14.5 Å². The average molecular weight is 537 g/mol. The number of hydrogen-bond acceptors (Lipinski definition) is 6. The third kappa shape index (κ3) is 6.53. The second-order valence-corrected chi connectivity index (χ2v) is 9.19. The maximum Gasteiger partial charge on any atom is 0.410 e. The Hall–Kier alpha value is -4.44. The molecule has 39 heavy (non-hydrogen) atoms. The van der Waals surface area contributed by atoms with Crippen LogP contribution >= 0.6 is 0 Å². The van der Waals surface area contributed by atoms with Crippen molar-refractivity contribution in [2.45, 2.75) is 31.2 Å². The number of aliphatic carboxylic acids is 1. The lowest BCUT2D eigenvalue weighted by molar-refractivity contribution is -0.148. The molecule has 2 N–H and O–H groups in total. The van der Waals surface area contributed by atoms with Gasteiger partial charge in [-0.15, -0.1) is 0 Å². The van der Waals surface area contributed by atoms with Gasteiger partial charge in [-0.25, -0.2) is 9.18 Å². The number of ether oxygens (including phenoxy) is 2. The van der Waals surface area contributed by atoms with Crippen LogP contribution in [0.25, 0.3) is 0 Å². The van der Waals surface area contributed by atoms with E-state index in [4.69, 9.17) is 9.47 Å². The van der Waals surface area contributed by atoms with Crippen molar-refractivity contribution in [2.24, 2.45) is 0 Å². The number of aliphatic hydroxyl groups excluding tert-OH is 1. The van der Waals surface area contributed by atoms with Crippen LogP contribution in [0.2, 0.25) is 0 Å². The minimum Gasteiger partial charge on any atom is -0.496 e. The third-order valence-electron chi connectivity index (χ3n) is 6.65. The summed E-state index contributed by atoms with van der Waals surface area (Å²) in [6.07, 6.45) is -2.24. The maximum atomic E-state index is 13.9. The fraction of sp³-hybridized carbons (Fsp3) is 0.276. The molecular weight excluding hydrogens is 507 g/mol. The monoisotopic (exact) mass is 536 g/mol. The molecule has 1 fully saturated rings. The summed E-state index contributed by atoms with van der Waals surface area (Å²) >= 11 is 0. The first kappa shape index (κ1) is 27.6. The molecule has 0 bridgehead atoms. The molecule has 204 valence electrons. The van der Waals surface area contributed by atoms with Crippen molar-refractivity contribution in [1.82, 2.24) is 9.80 Å². The highest BCUT2D eigenvalue weighted by Crippen LogP contribution is 2.34. The minimum atomic E-state index is -1.43. The molecule has 2 amide bonds. The zero-order valence-corrected chi connectivity index (χ0v) is 21.3. The lowest BCUT2D eigenvalue weighted by Gasteiger charge is -2.30. The molecule has 0 unspecified atom stereocenters. The zero-order chi connectivity index (χ0) is 27.9. The van der Waals surface area contributed by atoms with Gasteiger partial charge in [0.1, 0.15) is 30.8 Å². The van der Waals surface area contributed by atoms with Crippen LogP contribution in [-0.4, -0.2) is 70.3 Å². The quantitative estimate of drug-likeness (QED) is 0.431. The van der Waals surface area contributed by atoms with Crippen LogP contribution in [0.15, 0.2) is 78.9 Å². The van der Waals surface area contributed by atoms with Crippen LogP contribution in [-0.2, 0) is 27.5 Å². The smallest absolute Gasteiger partial charge is 0.410 e. The predicted octanol–water partition coefficient (Wildman–Crippen LogP) is 3.41. The van der Waals surface area contributed by atoms with Gasteiger partial charge in [0.15, 0.2) is 0 Å². The number of halogens is 1. The van der Waals surface area contributed by atoms with Gasteiger partial charge >= 0.3 is 12.1 Å². The van der Waals surface area contributed by atoms with Crippen molar-refractivity contribution in [3.63, 3.8) is 0 Å². The van der Waals surface area contributed by atoms with Gasteiger partial charge in [-0.1, -0.05) is 60.7 Å². The molecule has 0 aromatic heterocycles. The number of para-hydroxylation sites is 1. The van der Waals surface area contributed by atoms with Crippen molar-refractivity contribution >= 4 is 18.0 Å². The SMILES string of the molecule is COc1ccccc1CN(CC(=O)O)C(=O)[C@H]1[C@@H](O)[C@H](c2ccc(F)cc2)CN1C(=O)OCc1ccccc1. The van der Waals surface area contributed by atoms with E-state index in [9.17, 15) is 29.0 Å². The predicted molar refractivity (Wildman–Crippen MR) is 138 cm³/mol. The lowest BCUT2D eigenvalue weighted by Crippen LogP contribution is -2.52. The highest BCUT2D eigenvalue weighted by molar-refractivity contribution is 5.89. The van der Waals surface area contributed by atoms with Crippen molar-refractivity contribution in [3.8, 4) is 5.75 Å². The second-order valence-electron chi connectivity index (χ2n) is 9.19. The van der Waals surface area contributed by atoms with Crippen molar-refractivity contribution in [2.75, 3.05) is 20.2 Å². The molecule has 9 nitrogen and oxygen atoms in total. The number of likely N-dealkylation sites (tertiary alicyclic amines) is 1. The van der Waals surface area contributed by atoms with Gasteiger partial charge in [0, 0.05) is 18.0 Å². The van der Waals surface area contributed by atoms with Gasteiger partial charge in [0.2, 0.25) is 5.91 Å². The first-order chi connectivity index (χ1) is 18.8. The number of nitrogens with zero attached hydrogens (tertiary/aromatic N) is 2. The van der Waals surface area contributed by atoms with Gasteiger partial charge in [0.25, 0.3) is 0 Å². The number of hydrogen-bond donors (Lipinski definition) is 2. The Bertz CT molecular complexity index is 1300. The second kappa shape index (κ2) is 12.4. The van der Waals surface area contributed by atoms with Crippen LogP contribution in [0.5, 0.6) is 5.75 Å². The molecule has 3 aromatic rings. The number of methoxy groups -OCH3 is 1. The molecule has 3 aromatic carbocycles. The van der Waals surface area contributed by atoms with Gasteiger partial charge < -0.3 is 24.6 Å². The molecule has 1 heterocycles. The Morgan fingerprint density at radius 1 is 1.00 bits per heavy atom. The lowest BCUT2D eigenvalue weighted by atomic mass is 9.93. The van der Waals surface area contributed by atoms with Gasteiger partial charge in [-0.2, -0.15) is 0 Å². The Morgan fingerprint density at radius 3 is 2.33 bits per heavy atom. The maximum absolute atomic E-state index is 13.9. The molecule has 1 aliphatic heterocycles. The third-order valence-corrected chi connectivity index (χ3v) is 6.65. The van der Waals surface area contributed by atoms with E-state index >= 15 is 0 Å². The standard InChI is InChI=1S/C29H29FN2O7/c1-38-24-10-6-5-9-21(24)15-31(17-25(33)34)28(36)26-27(35)23(20-11-13-22(30)14-12-20)16-32(26)29(37)39-18-19-7-3-2-4-8-19/h2-14,23,26-27,35H,15-18H2,1H3,(H,33,34)/t23-,26+,27-/m0/s1. The summed E-state index contributed by atoms with van der Waals surface area (Å²) in [5.41, 5.74) is 1.80. The first-order valence-electron chi connectivity index (χ1n) is 12.3. The van der Waals surface area contributed by atoms with Crippen LogP contribution in [0, 0.1) is 5.82 Å². The summed E-state index contributed by atoms with van der Waals surface area (Å²) in [6, 6.07) is 19.8. The zero-order valence-electron chi connectivity index (χ0n) is 21.3. The summed E-state index contributed by atoms with van der Waals surface area (Å²) < 4.78 is 24.4. The highest BCUT2D eigenvalue weighted by Gasteiger charge is 2.49. The fourth-order valence-electron chi connectivity index (χ4n) is 4.72. The summed E-state index contributed by atoms with van der Waals surface area (Å²) in [4.78, 5) is 41.0. The molecule has 1 aliphatic rings. The largest absolute Gasteiger partial charge is 0.496 e. The van der Waals surface area contributed by atoms with Crippen LogP contribution in [0.1, 0.15) is 22.6 Å². The molecule has 10 heteroatoms. The molecule has 3 atom stereocenters. The molecule has 0 radical (unpaired) electrons. The molecule has 0 spiro atoms. The Balaban J connectivity index is 1.64. The van der Waals surface area contributed by atoms with Crippen LogP contribution < -0.4 is 4.74 Å². The summed E-state index contributed by atoms with van der Waals surface area (Å²) in [5, 5.41) is 20.9. The number of aliphatic hydroxyl groups is 1. The number of carboxylic acid groups (broad SMARTS) is 1. The Morgan fingerprint density at radius 2 is 1.67 bits per heavy atom. The van der Waals surface area contributed by atoms with E-state index < -0.39 is 48.4 Å². The van der Waals surface area contributed by atoms with E-state index in [0.29, 0.717) is 16.9 Å². The summed E-state index contributed by atoms with van der Waals surface area (Å²) in [6.45, 7) is -0.957. The Kier molecular flexibility index (Phi) is 8.77.